The first-order valence-electron chi connectivity index (χ1n) is 15.6. The predicted molar refractivity (Wildman–Crippen MR) is 172 cm³/mol. The summed E-state index contributed by atoms with van der Waals surface area (Å²) >= 11 is 0. The highest BCUT2D eigenvalue weighted by atomic mass is 28.4. The van der Waals surface area contributed by atoms with E-state index in [0.29, 0.717) is 11.8 Å². The van der Waals surface area contributed by atoms with E-state index in [9.17, 15) is 4.79 Å². The number of allylic oxidation sites excluding steroid dienone is 3. The molecule has 3 aliphatic carbocycles. The molecule has 0 saturated heterocycles. The van der Waals surface area contributed by atoms with Crippen molar-refractivity contribution in [1.82, 2.24) is 0 Å². The van der Waals surface area contributed by atoms with Crippen molar-refractivity contribution in [2.75, 3.05) is 0 Å². The predicted octanol–water partition coefficient (Wildman–Crippen LogP) is 10.0. The minimum Gasteiger partial charge on any atom is -0.413 e. The van der Waals surface area contributed by atoms with E-state index in [1.165, 1.54) is 44.0 Å². The monoisotopic (exact) mass is 572 g/mol. The summed E-state index contributed by atoms with van der Waals surface area (Å²) in [6, 6.07) is 0. The number of hydrogen-bond donors (Lipinski definition) is 0. The minimum absolute atomic E-state index is 0.0139. The molecule has 0 unspecified atom stereocenters. The lowest BCUT2D eigenvalue weighted by molar-refractivity contribution is -0.113. The van der Waals surface area contributed by atoms with Gasteiger partial charge in [0.25, 0.3) is 0 Å². The zero-order valence-electron chi connectivity index (χ0n) is 27.5. The van der Waals surface area contributed by atoms with Crippen molar-refractivity contribution in [3.8, 4) is 0 Å². The Morgan fingerprint density at radius 2 is 1.56 bits per heavy atom. The van der Waals surface area contributed by atoms with Crippen molar-refractivity contribution in [3.63, 3.8) is 0 Å². The molecule has 3 aliphatic rings. The van der Waals surface area contributed by atoms with Crippen LogP contribution in [-0.4, -0.2) is 35.1 Å². The van der Waals surface area contributed by atoms with Crippen molar-refractivity contribution in [2.45, 2.75) is 149 Å². The van der Waals surface area contributed by atoms with Gasteiger partial charge in [0.2, 0.25) is 0 Å². The van der Waals surface area contributed by atoms with Gasteiger partial charge in [-0.25, -0.2) is 0 Å². The van der Waals surface area contributed by atoms with Crippen molar-refractivity contribution in [1.29, 1.82) is 0 Å². The molecule has 0 bridgehead atoms. The topological polar surface area (TPSA) is 35.5 Å². The first-order valence-corrected chi connectivity index (χ1v) is 21.4. The molecular formula is C34H60O3Si2. The lowest BCUT2D eigenvalue weighted by Crippen LogP contribution is -2.49. The normalized spacial score (nSPS) is 33.9. The van der Waals surface area contributed by atoms with Gasteiger partial charge in [0.1, 0.15) is 6.29 Å². The lowest BCUT2D eigenvalue weighted by Gasteiger charge is -2.45. The molecule has 0 amide bonds. The third kappa shape index (κ3) is 6.84. The Balaban J connectivity index is 1.93. The molecule has 39 heavy (non-hydrogen) atoms. The summed E-state index contributed by atoms with van der Waals surface area (Å²) in [5.41, 5.74) is 4.29. The number of fused-ring (bicyclic) bond motifs is 1. The van der Waals surface area contributed by atoms with Gasteiger partial charge in [-0.1, -0.05) is 79.7 Å². The number of carbonyl (C=O) groups excluding carboxylic acids is 1. The fourth-order valence-electron chi connectivity index (χ4n) is 7.00. The van der Waals surface area contributed by atoms with Crippen LogP contribution >= 0.6 is 0 Å². The highest BCUT2D eigenvalue weighted by Gasteiger charge is 2.51. The molecule has 6 atom stereocenters. The molecule has 0 heterocycles. The van der Waals surface area contributed by atoms with Gasteiger partial charge in [0, 0.05) is 12.3 Å². The minimum atomic E-state index is -1.97. The highest BCUT2D eigenvalue weighted by molar-refractivity contribution is 6.74. The number of aldehydes is 1. The van der Waals surface area contributed by atoms with Gasteiger partial charge in [0.15, 0.2) is 16.6 Å². The quantitative estimate of drug-likeness (QED) is 0.225. The smallest absolute Gasteiger partial charge is 0.192 e. The molecule has 0 aromatic carbocycles. The molecule has 3 saturated carbocycles. The summed E-state index contributed by atoms with van der Waals surface area (Å²) < 4.78 is 14.0. The second kappa shape index (κ2) is 11.5. The maximum atomic E-state index is 11.7. The lowest BCUT2D eigenvalue weighted by atomic mass is 9.61. The number of hydrogen-bond acceptors (Lipinski definition) is 3. The van der Waals surface area contributed by atoms with Crippen LogP contribution < -0.4 is 0 Å². The number of rotatable bonds is 7. The molecule has 0 aromatic rings. The fraction of sp³-hybridized carbons (Fsp3) is 0.794. The Kier molecular flexibility index (Phi) is 9.65. The Bertz CT molecular complexity index is 977. The summed E-state index contributed by atoms with van der Waals surface area (Å²) in [7, 11) is -3.89. The Morgan fingerprint density at radius 1 is 0.974 bits per heavy atom. The Morgan fingerprint density at radius 3 is 2.13 bits per heavy atom. The van der Waals surface area contributed by atoms with E-state index in [2.05, 4.69) is 100 Å². The van der Waals surface area contributed by atoms with Gasteiger partial charge < -0.3 is 13.6 Å². The van der Waals surface area contributed by atoms with E-state index in [1.54, 1.807) is 5.57 Å². The zero-order valence-corrected chi connectivity index (χ0v) is 29.5. The van der Waals surface area contributed by atoms with Crippen LogP contribution in [0.5, 0.6) is 0 Å². The van der Waals surface area contributed by atoms with E-state index in [4.69, 9.17) is 8.85 Å². The standard InChI is InChI=1S/C34H60O3Si2/c1-24(23-35)29-18-19-30-26(15-14-20-34(29,30)9)16-17-27-21-28(36-38(10,11)32(3,4)5)22-31(25(27)2)37-39(12,13)33(6,7)8/h16-17,23-24,28-31H,2,14-15,18-22H2,1,3-13H3/b26-16+,27-17+/t24-,28-,29-,30+,31+,34-/m1/s1. The molecule has 3 fully saturated rings. The molecule has 3 nitrogen and oxygen atoms in total. The average molecular weight is 573 g/mol. The van der Waals surface area contributed by atoms with Crippen molar-refractivity contribution >= 4 is 22.9 Å². The van der Waals surface area contributed by atoms with E-state index in [1.807, 2.05) is 0 Å². The Hall–Kier alpha value is -0.756. The van der Waals surface area contributed by atoms with Gasteiger partial charge in [-0.2, -0.15) is 0 Å². The molecule has 0 aromatic heterocycles. The van der Waals surface area contributed by atoms with Crippen LogP contribution in [0, 0.1) is 23.2 Å². The molecule has 0 N–H and O–H groups in total. The first kappa shape index (κ1) is 32.8. The van der Waals surface area contributed by atoms with Gasteiger partial charge in [-0.3, -0.25) is 0 Å². The van der Waals surface area contributed by atoms with E-state index >= 15 is 0 Å². The summed E-state index contributed by atoms with van der Waals surface area (Å²) in [5.74, 6) is 1.24. The summed E-state index contributed by atoms with van der Waals surface area (Å²) in [5, 5.41) is 0.323. The largest absolute Gasteiger partial charge is 0.413 e. The van der Waals surface area contributed by atoms with Crippen molar-refractivity contribution < 1.29 is 13.6 Å². The van der Waals surface area contributed by atoms with Crippen LogP contribution in [0.1, 0.15) is 100 Å². The van der Waals surface area contributed by atoms with Gasteiger partial charge in [-0.15, -0.1) is 0 Å². The summed E-state index contributed by atoms with van der Waals surface area (Å²) in [4.78, 5) is 11.7. The van der Waals surface area contributed by atoms with Crippen LogP contribution in [0.15, 0.2) is 35.5 Å². The molecule has 3 rings (SSSR count). The third-order valence-corrected chi connectivity index (χ3v) is 20.6. The third-order valence-electron chi connectivity index (χ3n) is 11.6. The molecule has 0 aliphatic heterocycles. The summed E-state index contributed by atoms with van der Waals surface area (Å²) in [6.45, 7) is 32.6. The van der Waals surface area contributed by atoms with Gasteiger partial charge in [-0.05, 0) is 103 Å². The molecule has 222 valence electrons. The zero-order chi connectivity index (χ0) is 29.6. The van der Waals surface area contributed by atoms with E-state index in [-0.39, 0.29) is 33.6 Å². The van der Waals surface area contributed by atoms with Crippen molar-refractivity contribution in [3.05, 3.63) is 35.5 Å². The molecular weight excluding hydrogens is 513 g/mol. The second-order valence-electron chi connectivity index (χ2n) is 16.4. The van der Waals surface area contributed by atoms with E-state index < -0.39 is 16.6 Å². The molecule has 0 radical (unpaired) electrons. The van der Waals surface area contributed by atoms with Crippen LogP contribution in [0.25, 0.3) is 0 Å². The highest BCUT2D eigenvalue weighted by Crippen LogP contribution is 2.59. The van der Waals surface area contributed by atoms with Crippen LogP contribution in [-0.2, 0) is 13.6 Å². The summed E-state index contributed by atoms with van der Waals surface area (Å²) in [6.07, 6.45) is 14.0. The van der Waals surface area contributed by atoms with Gasteiger partial charge in [0.05, 0.1) is 12.2 Å². The SMILES string of the molecule is C=C1/C(=C/C=C2\CCC[C@]3(C)[C@@H]([C@H](C)C=O)CC[C@@H]23)C[C@@H](O[Si](C)(C)C(C)(C)C)C[C@@H]1O[Si](C)(C)C(C)(C)C. The second-order valence-corrected chi connectivity index (χ2v) is 25.9. The van der Waals surface area contributed by atoms with Crippen LogP contribution in [0.2, 0.25) is 36.3 Å². The first-order chi connectivity index (χ1) is 17.7. The molecule has 5 heteroatoms. The average Bonchev–Trinajstić information content (AvgIpc) is 3.15. The van der Waals surface area contributed by atoms with Crippen LogP contribution in [0.3, 0.4) is 0 Å². The molecule has 0 spiro atoms. The van der Waals surface area contributed by atoms with Crippen molar-refractivity contribution in [2.24, 2.45) is 23.2 Å². The van der Waals surface area contributed by atoms with Gasteiger partial charge >= 0.3 is 0 Å². The Labute approximate surface area is 243 Å². The maximum absolute atomic E-state index is 11.7. The maximum Gasteiger partial charge on any atom is 0.192 e. The fourth-order valence-corrected chi connectivity index (χ4v) is 9.67. The number of carbonyl (C=O) groups is 1. The van der Waals surface area contributed by atoms with E-state index in [0.717, 1.165) is 18.4 Å². The van der Waals surface area contributed by atoms with Crippen LogP contribution in [0.4, 0.5) is 0 Å².